The summed E-state index contributed by atoms with van der Waals surface area (Å²) in [6.45, 7) is 3.85. The number of hydrogen-bond donors (Lipinski definition) is 2. The van der Waals surface area contributed by atoms with Crippen molar-refractivity contribution >= 4 is 23.1 Å². The molecule has 0 atom stereocenters. The Hall–Kier alpha value is -4.14. The highest BCUT2D eigenvalue weighted by molar-refractivity contribution is 6.04. The highest BCUT2D eigenvalue weighted by Gasteiger charge is 2.17. The summed E-state index contributed by atoms with van der Waals surface area (Å²) in [5, 5.41) is 18.3. The van der Waals surface area contributed by atoms with Crippen LogP contribution in [0.4, 0.5) is 26.0 Å². The zero-order valence-corrected chi connectivity index (χ0v) is 16.7. The van der Waals surface area contributed by atoms with Crippen LogP contribution in [-0.4, -0.2) is 25.9 Å². The predicted octanol–water partition coefficient (Wildman–Crippen LogP) is 4.55. The SMILES string of the molecule is Cc1cc(C)n(-c2ccc(Nc3ccc(NC(=O)c4c(F)cccc4F)cc3)nn2)n1. The Bertz CT molecular complexity index is 1220. The van der Waals surface area contributed by atoms with E-state index in [1.165, 1.54) is 6.07 Å². The minimum absolute atomic E-state index is 0.393. The van der Waals surface area contributed by atoms with Gasteiger partial charge in [-0.15, -0.1) is 10.2 Å². The van der Waals surface area contributed by atoms with Crippen molar-refractivity contribution in [3.05, 3.63) is 89.2 Å². The largest absolute Gasteiger partial charge is 0.339 e. The van der Waals surface area contributed by atoms with Gasteiger partial charge in [-0.1, -0.05) is 6.07 Å². The van der Waals surface area contributed by atoms with Gasteiger partial charge in [0, 0.05) is 17.1 Å². The lowest BCUT2D eigenvalue weighted by Crippen LogP contribution is -2.15. The maximum Gasteiger partial charge on any atom is 0.261 e. The molecule has 2 heterocycles. The zero-order chi connectivity index (χ0) is 22.0. The van der Waals surface area contributed by atoms with E-state index in [1.54, 1.807) is 41.1 Å². The number of anilines is 3. The van der Waals surface area contributed by atoms with Crippen molar-refractivity contribution in [2.45, 2.75) is 13.8 Å². The van der Waals surface area contributed by atoms with Crippen LogP contribution in [0.25, 0.3) is 5.82 Å². The van der Waals surface area contributed by atoms with Gasteiger partial charge in [-0.3, -0.25) is 4.79 Å². The summed E-state index contributed by atoms with van der Waals surface area (Å²) >= 11 is 0. The molecule has 0 aliphatic rings. The summed E-state index contributed by atoms with van der Waals surface area (Å²) in [7, 11) is 0. The Kier molecular flexibility index (Phi) is 5.40. The number of halogens is 2. The van der Waals surface area contributed by atoms with Gasteiger partial charge in [-0.2, -0.15) is 5.10 Å². The molecule has 0 fully saturated rings. The average molecular weight is 420 g/mol. The quantitative estimate of drug-likeness (QED) is 0.495. The molecule has 2 aromatic carbocycles. The lowest BCUT2D eigenvalue weighted by atomic mass is 10.1. The number of carbonyl (C=O) groups excluding carboxylic acids is 1. The number of hydrogen-bond acceptors (Lipinski definition) is 5. The lowest BCUT2D eigenvalue weighted by molar-refractivity contribution is 0.101. The smallest absolute Gasteiger partial charge is 0.261 e. The Labute approximate surface area is 176 Å². The number of benzene rings is 2. The number of nitrogens with zero attached hydrogens (tertiary/aromatic N) is 4. The third-order valence-electron chi connectivity index (χ3n) is 4.48. The zero-order valence-electron chi connectivity index (χ0n) is 16.7. The molecule has 4 aromatic rings. The van der Waals surface area contributed by atoms with E-state index >= 15 is 0 Å². The van der Waals surface area contributed by atoms with E-state index in [-0.39, 0.29) is 0 Å². The second kappa shape index (κ2) is 8.31. The molecule has 0 aliphatic carbocycles. The molecule has 31 heavy (non-hydrogen) atoms. The number of nitrogens with one attached hydrogen (secondary N) is 2. The summed E-state index contributed by atoms with van der Waals surface area (Å²) in [6, 6.07) is 15.4. The molecule has 0 bridgehead atoms. The predicted molar refractivity (Wildman–Crippen MR) is 113 cm³/mol. The van der Waals surface area contributed by atoms with Crippen LogP contribution in [0.15, 0.2) is 60.7 Å². The minimum Gasteiger partial charge on any atom is -0.339 e. The third kappa shape index (κ3) is 4.40. The van der Waals surface area contributed by atoms with Crippen LogP contribution < -0.4 is 10.6 Å². The average Bonchev–Trinajstić information content (AvgIpc) is 3.08. The summed E-state index contributed by atoms with van der Waals surface area (Å²) in [5.41, 5.74) is 2.32. The minimum atomic E-state index is -0.918. The molecule has 9 heteroatoms. The van der Waals surface area contributed by atoms with Gasteiger partial charge in [0.15, 0.2) is 11.6 Å². The number of aryl methyl sites for hydroxylation is 2. The van der Waals surface area contributed by atoms with Crippen LogP contribution in [0.5, 0.6) is 0 Å². The van der Waals surface area contributed by atoms with Crippen LogP contribution >= 0.6 is 0 Å². The molecule has 0 radical (unpaired) electrons. The lowest BCUT2D eigenvalue weighted by Gasteiger charge is -2.09. The van der Waals surface area contributed by atoms with Gasteiger partial charge in [0.1, 0.15) is 17.2 Å². The number of aromatic nitrogens is 4. The van der Waals surface area contributed by atoms with Gasteiger partial charge in [-0.25, -0.2) is 13.5 Å². The first kappa shape index (κ1) is 20.1. The monoisotopic (exact) mass is 420 g/mol. The fourth-order valence-corrected chi connectivity index (χ4v) is 3.06. The Morgan fingerprint density at radius 2 is 1.58 bits per heavy atom. The van der Waals surface area contributed by atoms with Crippen molar-refractivity contribution in [2.24, 2.45) is 0 Å². The Morgan fingerprint density at radius 1 is 0.903 bits per heavy atom. The van der Waals surface area contributed by atoms with Gasteiger partial charge < -0.3 is 10.6 Å². The fraction of sp³-hybridized carbons (Fsp3) is 0.0909. The standard InChI is InChI=1S/C22H18F2N6O/c1-13-12-14(2)30(29-13)20-11-10-19(27-28-20)25-15-6-8-16(9-7-15)26-22(31)21-17(23)4-3-5-18(21)24/h3-12H,1-2H3,(H,25,27)(H,26,31). The first-order valence-corrected chi connectivity index (χ1v) is 9.40. The third-order valence-corrected chi connectivity index (χ3v) is 4.48. The summed E-state index contributed by atoms with van der Waals surface area (Å²) in [6.07, 6.45) is 0. The van der Waals surface area contributed by atoms with Gasteiger partial charge >= 0.3 is 0 Å². The molecular formula is C22H18F2N6O. The molecule has 0 saturated heterocycles. The second-order valence-corrected chi connectivity index (χ2v) is 6.87. The molecule has 2 N–H and O–H groups in total. The van der Waals surface area contributed by atoms with Crippen molar-refractivity contribution in [3.8, 4) is 5.82 Å². The van der Waals surface area contributed by atoms with Crippen molar-refractivity contribution in [1.29, 1.82) is 0 Å². The van der Waals surface area contributed by atoms with Crippen LogP contribution in [0.3, 0.4) is 0 Å². The van der Waals surface area contributed by atoms with E-state index in [2.05, 4.69) is 25.9 Å². The first-order chi connectivity index (χ1) is 14.9. The van der Waals surface area contributed by atoms with Crippen molar-refractivity contribution in [3.63, 3.8) is 0 Å². The van der Waals surface area contributed by atoms with Crippen LogP contribution in [0.1, 0.15) is 21.7 Å². The highest BCUT2D eigenvalue weighted by Crippen LogP contribution is 2.20. The Morgan fingerprint density at radius 3 is 2.16 bits per heavy atom. The maximum atomic E-state index is 13.7. The summed E-state index contributed by atoms with van der Waals surface area (Å²) < 4.78 is 29.2. The summed E-state index contributed by atoms with van der Waals surface area (Å²) in [4.78, 5) is 12.2. The molecule has 7 nitrogen and oxygen atoms in total. The van der Waals surface area contributed by atoms with Crippen LogP contribution in [0, 0.1) is 25.5 Å². The van der Waals surface area contributed by atoms with Crippen LogP contribution in [0.2, 0.25) is 0 Å². The molecule has 4 rings (SSSR count). The van der Waals surface area contributed by atoms with E-state index in [0.717, 1.165) is 23.5 Å². The molecule has 0 unspecified atom stereocenters. The van der Waals surface area contributed by atoms with Crippen molar-refractivity contribution < 1.29 is 13.6 Å². The van der Waals surface area contributed by atoms with Crippen molar-refractivity contribution in [1.82, 2.24) is 20.0 Å². The normalized spacial score (nSPS) is 10.7. The molecule has 1 amide bonds. The van der Waals surface area contributed by atoms with E-state index < -0.39 is 23.1 Å². The second-order valence-electron chi connectivity index (χ2n) is 6.87. The molecule has 0 saturated carbocycles. The van der Waals surface area contributed by atoms with E-state index in [1.807, 2.05) is 19.9 Å². The number of amides is 1. The number of rotatable bonds is 5. The van der Waals surface area contributed by atoms with E-state index in [9.17, 15) is 13.6 Å². The fourth-order valence-electron chi connectivity index (χ4n) is 3.06. The van der Waals surface area contributed by atoms with Gasteiger partial charge in [0.25, 0.3) is 5.91 Å². The van der Waals surface area contributed by atoms with Crippen LogP contribution in [-0.2, 0) is 0 Å². The molecular weight excluding hydrogens is 402 g/mol. The van der Waals surface area contributed by atoms with Gasteiger partial charge in [0.2, 0.25) is 0 Å². The topological polar surface area (TPSA) is 84.7 Å². The number of carbonyl (C=O) groups is 1. The first-order valence-electron chi connectivity index (χ1n) is 9.40. The highest BCUT2D eigenvalue weighted by atomic mass is 19.1. The van der Waals surface area contributed by atoms with Crippen molar-refractivity contribution in [2.75, 3.05) is 10.6 Å². The molecule has 156 valence electrons. The molecule has 2 aromatic heterocycles. The van der Waals surface area contributed by atoms with E-state index in [4.69, 9.17) is 0 Å². The molecule has 0 spiro atoms. The van der Waals surface area contributed by atoms with Gasteiger partial charge in [-0.05, 0) is 68.4 Å². The molecule has 0 aliphatic heterocycles. The Balaban J connectivity index is 1.43. The van der Waals surface area contributed by atoms with E-state index in [0.29, 0.717) is 23.0 Å². The summed E-state index contributed by atoms with van der Waals surface area (Å²) in [5.74, 6) is -1.57. The maximum absolute atomic E-state index is 13.7. The van der Waals surface area contributed by atoms with Gasteiger partial charge in [0.05, 0.1) is 5.69 Å².